The lowest BCUT2D eigenvalue weighted by molar-refractivity contribution is 0.581. The number of hydrogen-bond acceptors (Lipinski definition) is 7. The van der Waals surface area contributed by atoms with Crippen LogP contribution in [0.25, 0.3) is 0 Å². The van der Waals surface area contributed by atoms with Crippen LogP contribution in [0.15, 0.2) is 59.5 Å². The number of nitrogens with zero attached hydrogens (tertiary/aromatic N) is 2. The van der Waals surface area contributed by atoms with E-state index in [0.29, 0.717) is 17.0 Å². The molecule has 3 rings (SSSR count). The highest BCUT2D eigenvalue weighted by Gasteiger charge is 2.16. The van der Waals surface area contributed by atoms with Gasteiger partial charge in [-0.25, -0.2) is 21.6 Å². The van der Waals surface area contributed by atoms with Crippen molar-refractivity contribution in [2.24, 2.45) is 0 Å². The smallest absolute Gasteiger partial charge is 0.240 e. The Morgan fingerprint density at radius 2 is 1.62 bits per heavy atom. The predicted octanol–water partition coefficient (Wildman–Crippen LogP) is 2.31. The third-order valence-electron chi connectivity index (χ3n) is 3.87. The van der Waals surface area contributed by atoms with Gasteiger partial charge in [0.1, 0.15) is 5.01 Å². The molecule has 0 unspecified atom stereocenters. The molecule has 8 nitrogen and oxygen atoms in total. The van der Waals surface area contributed by atoms with Crippen molar-refractivity contribution in [1.82, 2.24) is 14.9 Å². The molecule has 0 aliphatic heterocycles. The van der Waals surface area contributed by atoms with Gasteiger partial charge in [0.25, 0.3) is 0 Å². The maximum Gasteiger partial charge on any atom is 0.240 e. The molecule has 2 N–H and O–H groups in total. The van der Waals surface area contributed by atoms with Gasteiger partial charge in [0.15, 0.2) is 0 Å². The number of benzene rings is 2. The van der Waals surface area contributed by atoms with E-state index in [2.05, 4.69) is 19.6 Å². The van der Waals surface area contributed by atoms with Crippen LogP contribution in [0.4, 0.5) is 5.13 Å². The van der Waals surface area contributed by atoms with E-state index in [1.165, 1.54) is 0 Å². The van der Waals surface area contributed by atoms with E-state index < -0.39 is 20.0 Å². The van der Waals surface area contributed by atoms with Crippen LogP contribution < -0.4 is 9.44 Å². The largest absolute Gasteiger partial charge is 0.257 e. The van der Waals surface area contributed by atoms with Gasteiger partial charge in [0, 0.05) is 13.0 Å². The Bertz CT molecular complexity index is 1160. The fraction of sp³-hybridized carbons (Fsp3) is 0.222. The highest BCUT2D eigenvalue weighted by molar-refractivity contribution is 7.92. The lowest BCUT2D eigenvalue weighted by Crippen LogP contribution is -2.25. The molecule has 0 amide bonds. The van der Waals surface area contributed by atoms with E-state index in [1.807, 2.05) is 13.0 Å². The predicted molar refractivity (Wildman–Crippen MR) is 113 cm³/mol. The SMILES string of the molecule is Cc1ccc(S(=O)(=O)NCCc2nnc(NS(=O)(=O)Cc3ccccc3)s2)cc1. The number of aromatic nitrogens is 2. The van der Waals surface area contributed by atoms with E-state index in [-0.39, 0.29) is 22.3 Å². The summed E-state index contributed by atoms with van der Waals surface area (Å²) in [6.45, 7) is 2.01. The summed E-state index contributed by atoms with van der Waals surface area (Å²) in [6, 6.07) is 15.4. The molecular formula is C18H20N4O4S3. The number of sulfonamides is 2. The minimum atomic E-state index is -3.61. The Labute approximate surface area is 174 Å². The molecule has 0 atom stereocenters. The van der Waals surface area contributed by atoms with Crippen LogP contribution in [-0.4, -0.2) is 33.6 Å². The summed E-state index contributed by atoms with van der Waals surface area (Å²) in [5, 5.41) is 8.42. The number of hydrogen-bond donors (Lipinski definition) is 2. The molecule has 0 spiro atoms. The van der Waals surface area contributed by atoms with Gasteiger partial charge in [-0.15, -0.1) is 10.2 Å². The molecular weight excluding hydrogens is 432 g/mol. The summed E-state index contributed by atoms with van der Waals surface area (Å²) >= 11 is 1.07. The molecule has 0 saturated heterocycles. The molecule has 1 aromatic heterocycles. The second-order valence-corrected chi connectivity index (χ2v) is 10.9. The second kappa shape index (κ2) is 8.99. The Morgan fingerprint density at radius 1 is 0.931 bits per heavy atom. The third-order valence-corrected chi connectivity index (χ3v) is 7.59. The van der Waals surface area contributed by atoms with Crippen molar-refractivity contribution in [1.29, 1.82) is 0 Å². The zero-order valence-corrected chi connectivity index (χ0v) is 18.0. The van der Waals surface area contributed by atoms with Gasteiger partial charge in [-0.2, -0.15) is 0 Å². The van der Waals surface area contributed by atoms with Crippen LogP contribution >= 0.6 is 11.3 Å². The molecule has 0 saturated carbocycles. The number of anilines is 1. The minimum Gasteiger partial charge on any atom is -0.257 e. The lowest BCUT2D eigenvalue weighted by Gasteiger charge is -2.06. The van der Waals surface area contributed by atoms with Crippen LogP contribution in [-0.2, 0) is 32.2 Å². The molecule has 1 heterocycles. The zero-order valence-electron chi connectivity index (χ0n) is 15.6. The molecule has 11 heteroatoms. The van der Waals surface area contributed by atoms with E-state index in [0.717, 1.165) is 16.9 Å². The minimum absolute atomic E-state index is 0.127. The maximum absolute atomic E-state index is 12.3. The molecule has 0 bridgehead atoms. The summed E-state index contributed by atoms with van der Waals surface area (Å²) in [4.78, 5) is 0.190. The van der Waals surface area contributed by atoms with Crippen LogP contribution in [0.2, 0.25) is 0 Å². The van der Waals surface area contributed by atoms with Crippen molar-refractivity contribution in [2.75, 3.05) is 11.3 Å². The van der Waals surface area contributed by atoms with Crippen molar-refractivity contribution < 1.29 is 16.8 Å². The molecule has 0 fully saturated rings. The van der Waals surface area contributed by atoms with Gasteiger partial charge in [-0.3, -0.25) is 4.72 Å². The van der Waals surface area contributed by atoms with Crippen molar-refractivity contribution in [3.8, 4) is 0 Å². The molecule has 154 valence electrons. The first kappa shape index (κ1) is 21.4. The molecule has 2 aromatic carbocycles. The number of rotatable bonds is 9. The Kier molecular flexibility index (Phi) is 6.63. The van der Waals surface area contributed by atoms with Gasteiger partial charge in [-0.05, 0) is 24.6 Å². The van der Waals surface area contributed by atoms with Gasteiger partial charge in [0.2, 0.25) is 25.2 Å². The molecule has 29 heavy (non-hydrogen) atoms. The first-order chi connectivity index (χ1) is 13.7. The van der Waals surface area contributed by atoms with Crippen LogP contribution in [0.1, 0.15) is 16.1 Å². The summed E-state index contributed by atoms with van der Waals surface area (Å²) < 4.78 is 53.9. The highest BCUT2D eigenvalue weighted by Crippen LogP contribution is 2.18. The van der Waals surface area contributed by atoms with Crippen molar-refractivity contribution in [3.05, 3.63) is 70.7 Å². The number of aryl methyl sites for hydroxylation is 1. The monoisotopic (exact) mass is 452 g/mol. The van der Waals surface area contributed by atoms with E-state index in [9.17, 15) is 16.8 Å². The van der Waals surface area contributed by atoms with E-state index in [1.54, 1.807) is 48.5 Å². The van der Waals surface area contributed by atoms with Gasteiger partial charge < -0.3 is 0 Å². The quantitative estimate of drug-likeness (QED) is 0.514. The average molecular weight is 453 g/mol. The maximum atomic E-state index is 12.3. The third kappa shape index (κ3) is 6.32. The Balaban J connectivity index is 1.54. The summed E-state index contributed by atoms with van der Waals surface area (Å²) in [7, 11) is -7.22. The van der Waals surface area contributed by atoms with Gasteiger partial charge in [0.05, 0.1) is 10.6 Å². The van der Waals surface area contributed by atoms with Gasteiger partial charge >= 0.3 is 0 Å². The first-order valence-corrected chi connectivity index (χ1v) is 12.6. The van der Waals surface area contributed by atoms with E-state index >= 15 is 0 Å². The first-order valence-electron chi connectivity index (χ1n) is 8.67. The highest BCUT2D eigenvalue weighted by atomic mass is 32.2. The van der Waals surface area contributed by atoms with E-state index in [4.69, 9.17) is 0 Å². The Hall–Kier alpha value is -2.34. The normalized spacial score (nSPS) is 12.0. The van der Waals surface area contributed by atoms with Crippen molar-refractivity contribution in [3.63, 3.8) is 0 Å². The summed E-state index contributed by atoms with van der Waals surface area (Å²) in [5.41, 5.74) is 1.63. The second-order valence-electron chi connectivity index (χ2n) is 6.31. The number of nitrogens with one attached hydrogen (secondary N) is 2. The molecule has 0 radical (unpaired) electrons. The van der Waals surface area contributed by atoms with Crippen LogP contribution in [0, 0.1) is 6.92 Å². The average Bonchev–Trinajstić information content (AvgIpc) is 3.08. The topological polar surface area (TPSA) is 118 Å². The molecule has 0 aliphatic rings. The zero-order chi connectivity index (χ0) is 20.9. The lowest BCUT2D eigenvalue weighted by atomic mass is 10.2. The van der Waals surface area contributed by atoms with Gasteiger partial charge in [-0.1, -0.05) is 59.4 Å². The van der Waals surface area contributed by atoms with Crippen LogP contribution in [0.3, 0.4) is 0 Å². The Morgan fingerprint density at radius 3 is 2.31 bits per heavy atom. The molecule has 0 aliphatic carbocycles. The summed E-state index contributed by atoms with van der Waals surface area (Å²) in [5.74, 6) is -0.168. The fourth-order valence-electron chi connectivity index (χ4n) is 2.45. The standard InChI is InChI=1S/C18H20N4O4S3/c1-14-7-9-16(10-8-14)29(25,26)19-12-11-17-20-21-18(27-17)22-28(23,24)13-15-5-3-2-4-6-15/h2-10,19H,11-13H2,1H3,(H,21,22). The van der Waals surface area contributed by atoms with Crippen molar-refractivity contribution in [2.45, 2.75) is 24.0 Å². The van der Waals surface area contributed by atoms with Crippen LogP contribution in [0.5, 0.6) is 0 Å². The molecule has 3 aromatic rings. The summed E-state index contributed by atoms with van der Waals surface area (Å²) in [6.07, 6.45) is 0.295. The van der Waals surface area contributed by atoms with Crippen molar-refractivity contribution >= 4 is 36.5 Å². The fourth-order valence-corrected chi connectivity index (χ4v) is 5.63.